The highest BCUT2D eigenvalue weighted by atomic mass is 16.5. The molecule has 1 aromatic carbocycles. The van der Waals surface area contributed by atoms with Crippen molar-refractivity contribution in [1.82, 2.24) is 0 Å². The van der Waals surface area contributed by atoms with Gasteiger partial charge in [-0.2, -0.15) is 0 Å². The summed E-state index contributed by atoms with van der Waals surface area (Å²) in [5, 5.41) is 10.6. The fourth-order valence-corrected chi connectivity index (χ4v) is 2.74. The van der Waals surface area contributed by atoms with Gasteiger partial charge in [0, 0.05) is 12.7 Å². The van der Waals surface area contributed by atoms with Gasteiger partial charge in [0.2, 0.25) is 0 Å². The van der Waals surface area contributed by atoms with E-state index in [0.717, 1.165) is 37.0 Å². The Morgan fingerprint density at radius 1 is 1.18 bits per heavy atom. The third-order valence-corrected chi connectivity index (χ3v) is 3.79. The van der Waals surface area contributed by atoms with Crippen molar-refractivity contribution >= 4 is 0 Å². The second kappa shape index (κ2) is 5.07. The van der Waals surface area contributed by atoms with Crippen LogP contribution in [0.5, 0.6) is 5.75 Å². The number of aliphatic hydroxyl groups excluding tert-OH is 1. The molecule has 0 amide bonds. The summed E-state index contributed by atoms with van der Waals surface area (Å²) in [4.78, 5) is 0. The zero-order chi connectivity index (χ0) is 12.3. The summed E-state index contributed by atoms with van der Waals surface area (Å²) in [7, 11) is 3.31. The Labute approximate surface area is 102 Å². The number of ether oxygens (including phenoxy) is 2. The first-order valence-corrected chi connectivity index (χ1v) is 6.09. The average molecular weight is 236 g/mol. The van der Waals surface area contributed by atoms with Gasteiger partial charge < -0.3 is 14.6 Å². The molecule has 2 rings (SSSR count). The van der Waals surface area contributed by atoms with Crippen molar-refractivity contribution in [3.8, 4) is 5.75 Å². The molecule has 3 nitrogen and oxygen atoms in total. The summed E-state index contributed by atoms with van der Waals surface area (Å²) in [6.07, 6.45) is 3.41. The van der Waals surface area contributed by atoms with Gasteiger partial charge in [-0.05, 0) is 18.9 Å². The molecular weight excluding hydrogens is 216 g/mol. The first-order valence-electron chi connectivity index (χ1n) is 6.09. The summed E-state index contributed by atoms with van der Waals surface area (Å²) in [6.45, 7) is 0. The predicted molar refractivity (Wildman–Crippen MR) is 66.2 cm³/mol. The van der Waals surface area contributed by atoms with Crippen LogP contribution in [-0.4, -0.2) is 24.9 Å². The molecule has 3 heteroatoms. The predicted octanol–water partition coefficient (Wildman–Crippen LogP) is 2.69. The number of aliphatic hydroxyl groups is 1. The number of hydrogen-bond acceptors (Lipinski definition) is 3. The Bertz CT molecular complexity index is 369. The molecule has 1 saturated carbocycles. The molecule has 1 aromatic rings. The van der Waals surface area contributed by atoms with E-state index in [2.05, 4.69) is 0 Å². The van der Waals surface area contributed by atoms with E-state index < -0.39 is 11.7 Å². The average Bonchev–Trinajstić information content (AvgIpc) is 2.88. The smallest absolute Gasteiger partial charge is 0.124 e. The maximum Gasteiger partial charge on any atom is 0.124 e. The van der Waals surface area contributed by atoms with Crippen LogP contribution in [0.3, 0.4) is 0 Å². The van der Waals surface area contributed by atoms with Gasteiger partial charge in [0.05, 0.1) is 12.7 Å². The Balaban J connectivity index is 2.32. The van der Waals surface area contributed by atoms with E-state index in [1.807, 2.05) is 24.3 Å². The van der Waals surface area contributed by atoms with Crippen LogP contribution in [-0.2, 0) is 4.74 Å². The Kier molecular flexibility index (Phi) is 3.69. The highest BCUT2D eigenvalue weighted by Gasteiger charge is 2.42. The quantitative estimate of drug-likeness (QED) is 0.873. The highest BCUT2D eigenvalue weighted by molar-refractivity contribution is 5.36. The van der Waals surface area contributed by atoms with Crippen LogP contribution >= 0.6 is 0 Å². The lowest BCUT2D eigenvalue weighted by atomic mass is 9.89. The SMILES string of the molecule is COc1ccccc1C(O)C1(OC)CCCC1. The molecule has 1 atom stereocenters. The second-order valence-corrected chi connectivity index (χ2v) is 4.62. The molecule has 1 fully saturated rings. The molecule has 0 saturated heterocycles. The van der Waals surface area contributed by atoms with Gasteiger partial charge in [0.1, 0.15) is 11.9 Å². The molecule has 0 aromatic heterocycles. The minimum Gasteiger partial charge on any atom is -0.496 e. The normalized spacial score (nSPS) is 20.2. The zero-order valence-electron chi connectivity index (χ0n) is 10.5. The summed E-state index contributed by atoms with van der Waals surface area (Å²) >= 11 is 0. The lowest BCUT2D eigenvalue weighted by Gasteiger charge is -2.33. The number of rotatable bonds is 4. The monoisotopic (exact) mass is 236 g/mol. The van der Waals surface area contributed by atoms with E-state index in [1.54, 1.807) is 14.2 Å². The van der Waals surface area contributed by atoms with Gasteiger partial charge in [-0.25, -0.2) is 0 Å². The van der Waals surface area contributed by atoms with Crippen molar-refractivity contribution in [3.05, 3.63) is 29.8 Å². The fourth-order valence-electron chi connectivity index (χ4n) is 2.74. The van der Waals surface area contributed by atoms with Gasteiger partial charge >= 0.3 is 0 Å². The molecule has 17 heavy (non-hydrogen) atoms. The molecule has 0 heterocycles. The minimum absolute atomic E-state index is 0.436. The van der Waals surface area contributed by atoms with E-state index in [4.69, 9.17) is 9.47 Å². The van der Waals surface area contributed by atoms with Crippen molar-refractivity contribution in [3.63, 3.8) is 0 Å². The van der Waals surface area contributed by atoms with Gasteiger partial charge in [-0.1, -0.05) is 31.0 Å². The van der Waals surface area contributed by atoms with Gasteiger partial charge in [-0.3, -0.25) is 0 Å². The highest BCUT2D eigenvalue weighted by Crippen LogP contribution is 2.44. The molecule has 0 bridgehead atoms. The van der Waals surface area contributed by atoms with Crippen LogP contribution in [0.1, 0.15) is 37.4 Å². The first kappa shape index (κ1) is 12.4. The second-order valence-electron chi connectivity index (χ2n) is 4.62. The Morgan fingerprint density at radius 3 is 2.41 bits per heavy atom. The van der Waals surface area contributed by atoms with Gasteiger partial charge in [0.15, 0.2) is 0 Å². The van der Waals surface area contributed by atoms with Crippen LogP contribution in [0.15, 0.2) is 24.3 Å². The van der Waals surface area contributed by atoms with Crippen molar-refractivity contribution in [2.24, 2.45) is 0 Å². The molecule has 94 valence electrons. The third-order valence-electron chi connectivity index (χ3n) is 3.79. The van der Waals surface area contributed by atoms with Crippen molar-refractivity contribution < 1.29 is 14.6 Å². The fraction of sp³-hybridized carbons (Fsp3) is 0.571. The molecule has 1 unspecified atom stereocenters. The molecule has 0 spiro atoms. The van der Waals surface area contributed by atoms with Crippen LogP contribution < -0.4 is 4.74 Å². The lowest BCUT2D eigenvalue weighted by Crippen LogP contribution is -2.35. The van der Waals surface area contributed by atoms with Crippen LogP contribution in [0.4, 0.5) is 0 Å². The van der Waals surface area contributed by atoms with E-state index in [0.29, 0.717) is 0 Å². The van der Waals surface area contributed by atoms with Crippen molar-refractivity contribution in [2.75, 3.05) is 14.2 Å². The number of benzene rings is 1. The summed E-state index contributed by atoms with van der Waals surface area (Å²) in [5.41, 5.74) is 0.382. The summed E-state index contributed by atoms with van der Waals surface area (Å²) in [6, 6.07) is 7.60. The summed E-state index contributed by atoms with van der Waals surface area (Å²) in [5.74, 6) is 0.725. The zero-order valence-corrected chi connectivity index (χ0v) is 10.5. The maximum atomic E-state index is 10.6. The van der Waals surface area contributed by atoms with Gasteiger partial charge in [0.25, 0.3) is 0 Å². The molecular formula is C14H20O3. The minimum atomic E-state index is -0.619. The number of hydrogen-bond donors (Lipinski definition) is 1. The van der Waals surface area contributed by atoms with E-state index in [9.17, 15) is 5.11 Å². The van der Waals surface area contributed by atoms with Crippen LogP contribution in [0, 0.1) is 0 Å². The topological polar surface area (TPSA) is 38.7 Å². The number of para-hydroxylation sites is 1. The van der Waals surface area contributed by atoms with E-state index >= 15 is 0 Å². The third kappa shape index (κ3) is 2.17. The number of methoxy groups -OCH3 is 2. The maximum absolute atomic E-state index is 10.6. The molecule has 1 aliphatic carbocycles. The van der Waals surface area contributed by atoms with E-state index in [1.165, 1.54) is 0 Å². The molecule has 1 aliphatic rings. The Hall–Kier alpha value is -1.06. The lowest BCUT2D eigenvalue weighted by molar-refractivity contribution is -0.101. The molecule has 0 radical (unpaired) electrons. The largest absolute Gasteiger partial charge is 0.496 e. The standard InChI is InChI=1S/C14H20O3/c1-16-12-8-4-3-7-11(12)13(15)14(17-2)9-5-6-10-14/h3-4,7-8,13,15H,5-6,9-10H2,1-2H3. The van der Waals surface area contributed by atoms with Crippen LogP contribution in [0.25, 0.3) is 0 Å². The Morgan fingerprint density at radius 2 is 1.82 bits per heavy atom. The molecule has 1 N–H and O–H groups in total. The summed E-state index contributed by atoms with van der Waals surface area (Å²) < 4.78 is 10.9. The van der Waals surface area contributed by atoms with Crippen LogP contribution in [0.2, 0.25) is 0 Å². The van der Waals surface area contributed by atoms with Gasteiger partial charge in [-0.15, -0.1) is 0 Å². The van der Waals surface area contributed by atoms with Crippen molar-refractivity contribution in [2.45, 2.75) is 37.4 Å². The van der Waals surface area contributed by atoms with Crippen molar-refractivity contribution in [1.29, 1.82) is 0 Å². The molecule has 0 aliphatic heterocycles. The van der Waals surface area contributed by atoms with E-state index in [-0.39, 0.29) is 0 Å². The first-order chi connectivity index (χ1) is 8.23.